The van der Waals surface area contributed by atoms with Gasteiger partial charge in [-0.3, -0.25) is 4.68 Å². The van der Waals surface area contributed by atoms with Crippen LogP contribution in [0.3, 0.4) is 0 Å². The molecule has 5 nitrogen and oxygen atoms in total. The van der Waals surface area contributed by atoms with Crippen molar-refractivity contribution in [2.75, 3.05) is 0 Å². The van der Waals surface area contributed by atoms with Crippen molar-refractivity contribution in [3.05, 3.63) is 47.0 Å². The summed E-state index contributed by atoms with van der Waals surface area (Å²) in [6, 6.07) is 5.70. The van der Waals surface area contributed by atoms with Gasteiger partial charge in [0.25, 0.3) is 0 Å². The molecule has 1 aliphatic carbocycles. The standard InChI is InChI=1S/C13H13ClN4O/c14-12-3-1-2-11-10(12)5-4-9(13(11)17-19)6-18-8-15-7-16-18/h1-3,7-9,19H,4-6H2/b17-13-. The second-order valence-corrected chi connectivity index (χ2v) is 5.01. The van der Waals surface area contributed by atoms with Crippen molar-refractivity contribution in [1.82, 2.24) is 14.8 Å². The molecule has 0 fully saturated rings. The number of halogens is 1. The normalized spacial score (nSPS) is 20.5. The fraction of sp³-hybridized carbons (Fsp3) is 0.308. The van der Waals surface area contributed by atoms with E-state index in [0.29, 0.717) is 12.3 Å². The first-order chi connectivity index (χ1) is 9.29. The molecule has 1 unspecified atom stereocenters. The van der Waals surface area contributed by atoms with Crippen molar-refractivity contribution in [2.24, 2.45) is 11.1 Å². The first-order valence-electron chi connectivity index (χ1n) is 6.11. The molecule has 98 valence electrons. The summed E-state index contributed by atoms with van der Waals surface area (Å²) < 4.78 is 1.76. The Balaban J connectivity index is 1.94. The third kappa shape index (κ3) is 2.21. The summed E-state index contributed by atoms with van der Waals surface area (Å²) in [5.41, 5.74) is 2.68. The number of nitrogens with zero attached hydrogens (tertiary/aromatic N) is 4. The molecular formula is C13H13ClN4O. The van der Waals surface area contributed by atoms with E-state index < -0.39 is 0 Å². The highest BCUT2D eigenvalue weighted by Crippen LogP contribution is 2.31. The van der Waals surface area contributed by atoms with Gasteiger partial charge in [-0.25, -0.2) is 4.98 Å². The molecule has 0 aliphatic heterocycles. The quantitative estimate of drug-likeness (QED) is 0.676. The predicted molar refractivity (Wildman–Crippen MR) is 71.6 cm³/mol. The first-order valence-corrected chi connectivity index (χ1v) is 6.49. The van der Waals surface area contributed by atoms with Crippen molar-refractivity contribution in [2.45, 2.75) is 19.4 Å². The topological polar surface area (TPSA) is 63.3 Å². The number of hydrogen-bond acceptors (Lipinski definition) is 4. The van der Waals surface area contributed by atoms with E-state index in [1.807, 2.05) is 18.2 Å². The summed E-state index contributed by atoms with van der Waals surface area (Å²) in [6.45, 7) is 0.658. The summed E-state index contributed by atoms with van der Waals surface area (Å²) in [5, 5.41) is 17.6. The van der Waals surface area contributed by atoms with Gasteiger partial charge in [-0.05, 0) is 24.5 Å². The molecule has 19 heavy (non-hydrogen) atoms. The summed E-state index contributed by atoms with van der Waals surface area (Å²) in [5.74, 6) is 0.123. The van der Waals surface area contributed by atoms with E-state index in [1.54, 1.807) is 11.0 Å². The average molecular weight is 277 g/mol. The summed E-state index contributed by atoms with van der Waals surface area (Å²) >= 11 is 6.19. The van der Waals surface area contributed by atoms with Crippen LogP contribution in [0.2, 0.25) is 5.02 Å². The van der Waals surface area contributed by atoms with Crippen molar-refractivity contribution >= 4 is 17.3 Å². The van der Waals surface area contributed by atoms with Crippen molar-refractivity contribution in [1.29, 1.82) is 0 Å². The molecule has 3 rings (SSSR count). The monoisotopic (exact) mass is 276 g/mol. The number of hydrogen-bond donors (Lipinski definition) is 1. The second kappa shape index (κ2) is 5.01. The lowest BCUT2D eigenvalue weighted by Gasteiger charge is -2.26. The fourth-order valence-corrected chi connectivity index (χ4v) is 2.86. The SMILES string of the molecule is O/N=C1\c2cccc(Cl)c2CCC1Cn1cncn1. The van der Waals surface area contributed by atoms with E-state index in [-0.39, 0.29) is 5.92 Å². The largest absolute Gasteiger partial charge is 0.411 e. The molecule has 6 heteroatoms. The fourth-order valence-electron chi connectivity index (χ4n) is 2.59. The Morgan fingerprint density at radius 2 is 2.37 bits per heavy atom. The number of fused-ring (bicyclic) bond motifs is 1. The molecule has 0 amide bonds. The maximum atomic E-state index is 9.33. The summed E-state index contributed by atoms with van der Waals surface area (Å²) in [7, 11) is 0. The smallest absolute Gasteiger partial charge is 0.137 e. The Labute approximate surface area is 115 Å². The van der Waals surface area contributed by atoms with Crippen molar-refractivity contribution in [3.8, 4) is 0 Å². The van der Waals surface area contributed by atoms with Crippen LogP contribution in [0, 0.1) is 5.92 Å². The van der Waals surface area contributed by atoms with Crippen LogP contribution in [0.5, 0.6) is 0 Å². The number of rotatable bonds is 2. The highest BCUT2D eigenvalue weighted by Gasteiger charge is 2.27. The van der Waals surface area contributed by atoms with Crippen LogP contribution in [0.25, 0.3) is 0 Å². The molecule has 1 N–H and O–H groups in total. The Morgan fingerprint density at radius 1 is 1.47 bits per heavy atom. The zero-order valence-corrected chi connectivity index (χ0v) is 11.0. The van der Waals surface area contributed by atoms with Gasteiger partial charge in [0.1, 0.15) is 12.7 Å². The van der Waals surface area contributed by atoms with Gasteiger partial charge in [0.15, 0.2) is 0 Å². The van der Waals surface area contributed by atoms with Gasteiger partial charge < -0.3 is 5.21 Å². The Morgan fingerprint density at radius 3 is 3.11 bits per heavy atom. The van der Waals surface area contributed by atoms with Crippen molar-refractivity contribution in [3.63, 3.8) is 0 Å². The van der Waals surface area contributed by atoms with Gasteiger partial charge in [0.05, 0.1) is 12.3 Å². The van der Waals surface area contributed by atoms with Crippen LogP contribution >= 0.6 is 11.6 Å². The maximum absolute atomic E-state index is 9.33. The minimum atomic E-state index is 0.123. The lowest BCUT2D eigenvalue weighted by atomic mass is 9.82. The lowest BCUT2D eigenvalue weighted by Crippen LogP contribution is -2.27. The minimum Gasteiger partial charge on any atom is -0.411 e. The molecule has 2 aromatic rings. The second-order valence-electron chi connectivity index (χ2n) is 4.60. The van der Waals surface area contributed by atoms with Gasteiger partial charge in [-0.2, -0.15) is 5.10 Å². The van der Waals surface area contributed by atoms with E-state index in [9.17, 15) is 5.21 Å². The van der Waals surface area contributed by atoms with Gasteiger partial charge in [-0.15, -0.1) is 0 Å². The highest BCUT2D eigenvalue weighted by molar-refractivity contribution is 6.32. The Hall–Kier alpha value is -1.88. The molecule has 0 radical (unpaired) electrons. The Bertz CT molecular complexity index is 609. The number of oxime groups is 1. The van der Waals surface area contributed by atoms with Gasteiger partial charge in [0, 0.05) is 16.5 Å². The van der Waals surface area contributed by atoms with Crippen LogP contribution in [-0.2, 0) is 13.0 Å². The van der Waals surface area contributed by atoms with Gasteiger partial charge in [0.2, 0.25) is 0 Å². The van der Waals surface area contributed by atoms with E-state index in [4.69, 9.17) is 11.6 Å². The Kier molecular flexibility index (Phi) is 3.21. The third-order valence-corrected chi connectivity index (χ3v) is 3.86. The van der Waals surface area contributed by atoms with Crippen LogP contribution in [0.15, 0.2) is 36.0 Å². The molecule has 0 saturated carbocycles. The summed E-state index contributed by atoms with van der Waals surface area (Å²) in [4.78, 5) is 3.93. The van der Waals surface area contributed by atoms with Crippen LogP contribution in [0.1, 0.15) is 17.5 Å². The molecule has 0 saturated heterocycles. The molecule has 1 aromatic carbocycles. The minimum absolute atomic E-state index is 0.123. The van der Waals surface area contributed by atoms with E-state index in [0.717, 1.165) is 29.0 Å². The molecule has 1 atom stereocenters. The number of benzene rings is 1. The molecule has 1 aliphatic rings. The zero-order valence-electron chi connectivity index (χ0n) is 10.2. The average Bonchev–Trinajstić information content (AvgIpc) is 2.92. The van der Waals surface area contributed by atoms with Gasteiger partial charge >= 0.3 is 0 Å². The molecule has 1 aromatic heterocycles. The molecule has 1 heterocycles. The lowest BCUT2D eigenvalue weighted by molar-refractivity contribution is 0.311. The van der Waals surface area contributed by atoms with Crippen LogP contribution in [0.4, 0.5) is 0 Å². The van der Waals surface area contributed by atoms with E-state index in [1.165, 1.54) is 6.33 Å². The maximum Gasteiger partial charge on any atom is 0.137 e. The predicted octanol–water partition coefficient (Wildman–Crippen LogP) is 2.37. The van der Waals surface area contributed by atoms with Crippen LogP contribution < -0.4 is 0 Å². The molecular weight excluding hydrogens is 264 g/mol. The third-order valence-electron chi connectivity index (χ3n) is 3.51. The van der Waals surface area contributed by atoms with E-state index in [2.05, 4.69) is 15.2 Å². The summed E-state index contributed by atoms with van der Waals surface area (Å²) in [6.07, 6.45) is 4.94. The zero-order chi connectivity index (χ0) is 13.2. The number of aromatic nitrogens is 3. The van der Waals surface area contributed by atoms with Crippen molar-refractivity contribution < 1.29 is 5.21 Å². The van der Waals surface area contributed by atoms with Gasteiger partial charge in [-0.1, -0.05) is 28.9 Å². The first kappa shape index (κ1) is 12.2. The molecule has 0 spiro atoms. The van der Waals surface area contributed by atoms with Crippen LogP contribution in [-0.4, -0.2) is 25.7 Å². The molecule has 0 bridgehead atoms. The highest BCUT2D eigenvalue weighted by atomic mass is 35.5. The van der Waals surface area contributed by atoms with E-state index >= 15 is 0 Å².